The molecular weight excluding hydrogens is 252 g/mol. The summed E-state index contributed by atoms with van der Waals surface area (Å²) in [5.74, 6) is 1.71. The second-order valence-corrected chi connectivity index (χ2v) is 7.09. The van der Waals surface area contributed by atoms with Crippen LogP contribution in [-0.2, 0) is 9.53 Å². The number of nitrogens with zero attached hydrogens (tertiary/aromatic N) is 2. The van der Waals surface area contributed by atoms with Crippen molar-refractivity contribution in [2.45, 2.75) is 56.7 Å². The van der Waals surface area contributed by atoms with Gasteiger partial charge in [-0.2, -0.15) is 0 Å². The van der Waals surface area contributed by atoms with Crippen molar-refractivity contribution in [2.75, 3.05) is 26.7 Å². The molecule has 4 rings (SSSR count). The van der Waals surface area contributed by atoms with Gasteiger partial charge in [-0.3, -0.25) is 9.69 Å². The Morgan fingerprint density at radius 3 is 2.70 bits per heavy atom. The lowest BCUT2D eigenvalue weighted by Crippen LogP contribution is -2.68. The Balaban J connectivity index is 1.62. The average molecular weight is 278 g/mol. The van der Waals surface area contributed by atoms with E-state index in [1.54, 1.807) is 7.11 Å². The van der Waals surface area contributed by atoms with Gasteiger partial charge in [-0.25, -0.2) is 0 Å². The van der Waals surface area contributed by atoms with Gasteiger partial charge in [-0.15, -0.1) is 0 Å². The molecule has 4 heteroatoms. The summed E-state index contributed by atoms with van der Waals surface area (Å²) in [4.78, 5) is 17.6. The van der Waals surface area contributed by atoms with Gasteiger partial charge in [-0.1, -0.05) is 0 Å². The molecule has 0 radical (unpaired) electrons. The fraction of sp³-hybridized carbons (Fsp3) is 0.938. The van der Waals surface area contributed by atoms with Gasteiger partial charge in [-0.05, 0) is 63.5 Å². The first-order valence-corrected chi connectivity index (χ1v) is 8.37. The maximum Gasteiger partial charge on any atom is 0.251 e. The van der Waals surface area contributed by atoms with Crippen molar-refractivity contribution in [1.29, 1.82) is 0 Å². The number of amides is 1. The summed E-state index contributed by atoms with van der Waals surface area (Å²) < 4.78 is 5.39. The number of ether oxygens (including phenoxy) is 1. The van der Waals surface area contributed by atoms with Crippen LogP contribution in [0.4, 0.5) is 0 Å². The van der Waals surface area contributed by atoms with Gasteiger partial charge in [0.2, 0.25) is 0 Å². The van der Waals surface area contributed by atoms with Gasteiger partial charge in [0.1, 0.15) is 6.10 Å². The minimum Gasteiger partial charge on any atom is -0.372 e. The fourth-order valence-corrected chi connectivity index (χ4v) is 5.47. The molecule has 5 unspecified atom stereocenters. The van der Waals surface area contributed by atoms with Crippen LogP contribution in [-0.4, -0.2) is 60.6 Å². The standard InChI is InChI=1S/C16H26N2O2/c1-20-14-7-6-13-12-5-3-9-17-8-2-4-11(15(12)17)10-18(13)16(14)19/h11-15H,2-10H2,1H3. The minimum atomic E-state index is -0.175. The third-order valence-electron chi connectivity index (χ3n) is 6.24. The van der Waals surface area contributed by atoms with Gasteiger partial charge in [0.05, 0.1) is 0 Å². The lowest BCUT2D eigenvalue weighted by atomic mass is 9.68. The number of carbonyl (C=O) groups is 1. The molecular formula is C16H26N2O2. The Hall–Kier alpha value is -0.610. The summed E-state index contributed by atoms with van der Waals surface area (Å²) in [5.41, 5.74) is 0. The molecule has 0 aromatic carbocycles. The van der Waals surface area contributed by atoms with Gasteiger partial charge < -0.3 is 9.64 Å². The van der Waals surface area contributed by atoms with E-state index < -0.39 is 0 Å². The van der Waals surface area contributed by atoms with E-state index in [9.17, 15) is 4.79 Å². The third-order valence-corrected chi connectivity index (χ3v) is 6.24. The maximum atomic E-state index is 12.6. The van der Waals surface area contributed by atoms with Crippen LogP contribution in [0.1, 0.15) is 38.5 Å². The first kappa shape index (κ1) is 13.1. The molecule has 0 saturated carbocycles. The topological polar surface area (TPSA) is 32.8 Å². The highest BCUT2D eigenvalue weighted by Crippen LogP contribution is 2.44. The molecule has 0 aromatic rings. The van der Waals surface area contributed by atoms with E-state index in [1.807, 2.05) is 0 Å². The van der Waals surface area contributed by atoms with E-state index in [1.165, 1.54) is 38.8 Å². The fourth-order valence-electron chi connectivity index (χ4n) is 5.47. The van der Waals surface area contributed by atoms with Crippen molar-refractivity contribution >= 4 is 5.91 Å². The van der Waals surface area contributed by atoms with E-state index >= 15 is 0 Å². The second kappa shape index (κ2) is 4.99. The number of rotatable bonds is 1. The molecule has 4 saturated heterocycles. The highest BCUT2D eigenvalue weighted by molar-refractivity contribution is 5.82. The molecule has 0 bridgehead atoms. The lowest BCUT2D eigenvalue weighted by Gasteiger charge is -2.59. The first-order chi connectivity index (χ1) is 9.79. The molecule has 4 heterocycles. The van der Waals surface area contributed by atoms with Gasteiger partial charge in [0, 0.05) is 25.7 Å². The van der Waals surface area contributed by atoms with Crippen molar-refractivity contribution in [3.8, 4) is 0 Å². The Bertz CT molecular complexity index is 398. The van der Waals surface area contributed by atoms with Crippen LogP contribution in [0.15, 0.2) is 0 Å². The number of hydrogen-bond acceptors (Lipinski definition) is 3. The molecule has 4 aliphatic heterocycles. The number of piperidine rings is 4. The monoisotopic (exact) mass is 278 g/mol. The summed E-state index contributed by atoms with van der Waals surface area (Å²) >= 11 is 0. The SMILES string of the molecule is COC1CCC2C3CCCN4CCCC(CN2C1=O)C34. The van der Waals surface area contributed by atoms with Crippen LogP contribution in [0.25, 0.3) is 0 Å². The second-order valence-electron chi connectivity index (χ2n) is 7.09. The Kier molecular flexibility index (Phi) is 3.26. The zero-order valence-corrected chi connectivity index (χ0v) is 12.5. The summed E-state index contributed by atoms with van der Waals surface area (Å²) in [6.07, 6.45) is 7.16. The van der Waals surface area contributed by atoms with E-state index in [0.29, 0.717) is 12.0 Å². The normalized spacial score (nSPS) is 45.0. The van der Waals surface area contributed by atoms with Gasteiger partial charge in [0.15, 0.2) is 0 Å². The van der Waals surface area contributed by atoms with E-state index in [2.05, 4.69) is 9.80 Å². The van der Waals surface area contributed by atoms with Crippen LogP contribution in [0, 0.1) is 11.8 Å². The highest BCUT2D eigenvalue weighted by atomic mass is 16.5. The highest BCUT2D eigenvalue weighted by Gasteiger charge is 2.51. The molecule has 0 N–H and O–H groups in total. The lowest BCUT2D eigenvalue weighted by molar-refractivity contribution is -0.164. The van der Waals surface area contributed by atoms with Crippen LogP contribution < -0.4 is 0 Å². The predicted octanol–water partition coefficient (Wildman–Crippen LogP) is 1.50. The molecule has 0 aromatic heterocycles. The molecule has 5 atom stereocenters. The van der Waals surface area contributed by atoms with Crippen LogP contribution in [0.5, 0.6) is 0 Å². The largest absolute Gasteiger partial charge is 0.372 e. The van der Waals surface area contributed by atoms with E-state index in [4.69, 9.17) is 4.74 Å². The summed E-state index contributed by atoms with van der Waals surface area (Å²) in [6.45, 7) is 3.57. The van der Waals surface area contributed by atoms with Crippen LogP contribution >= 0.6 is 0 Å². The summed E-state index contributed by atoms with van der Waals surface area (Å²) in [7, 11) is 1.68. The van der Waals surface area contributed by atoms with Crippen molar-refractivity contribution in [3.05, 3.63) is 0 Å². The minimum absolute atomic E-state index is 0.175. The Morgan fingerprint density at radius 2 is 1.90 bits per heavy atom. The summed E-state index contributed by atoms with van der Waals surface area (Å²) in [5, 5.41) is 0. The maximum absolute atomic E-state index is 12.6. The number of fused-ring (bicyclic) bond motifs is 2. The Morgan fingerprint density at radius 1 is 1.10 bits per heavy atom. The smallest absolute Gasteiger partial charge is 0.251 e. The van der Waals surface area contributed by atoms with E-state index in [-0.39, 0.29) is 12.0 Å². The Labute approximate surface area is 121 Å². The third kappa shape index (κ3) is 1.84. The molecule has 20 heavy (non-hydrogen) atoms. The van der Waals surface area contributed by atoms with E-state index in [0.717, 1.165) is 31.3 Å². The summed E-state index contributed by atoms with van der Waals surface area (Å²) in [6, 6.07) is 1.27. The number of methoxy groups -OCH3 is 1. The zero-order chi connectivity index (χ0) is 13.7. The van der Waals surface area contributed by atoms with Gasteiger partial charge in [0.25, 0.3) is 5.91 Å². The van der Waals surface area contributed by atoms with Crippen LogP contribution in [0.3, 0.4) is 0 Å². The molecule has 112 valence electrons. The molecule has 1 amide bonds. The van der Waals surface area contributed by atoms with Crippen molar-refractivity contribution in [1.82, 2.24) is 9.80 Å². The van der Waals surface area contributed by atoms with Crippen molar-refractivity contribution in [3.63, 3.8) is 0 Å². The zero-order valence-electron chi connectivity index (χ0n) is 12.5. The predicted molar refractivity (Wildman–Crippen MR) is 76.3 cm³/mol. The molecule has 4 fully saturated rings. The molecule has 0 spiro atoms. The number of carbonyl (C=O) groups excluding carboxylic acids is 1. The molecule has 0 aliphatic carbocycles. The first-order valence-electron chi connectivity index (χ1n) is 8.37. The number of hydrogen-bond donors (Lipinski definition) is 0. The average Bonchev–Trinajstić information content (AvgIpc) is 2.49. The van der Waals surface area contributed by atoms with Crippen LogP contribution in [0.2, 0.25) is 0 Å². The van der Waals surface area contributed by atoms with Gasteiger partial charge >= 0.3 is 0 Å². The van der Waals surface area contributed by atoms with Crippen molar-refractivity contribution < 1.29 is 9.53 Å². The quantitative estimate of drug-likeness (QED) is 0.728. The molecule has 4 aliphatic rings. The van der Waals surface area contributed by atoms with Crippen molar-refractivity contribution in [2.24, 2.45) is 11.8 Å². The molecule has 4 nitrogen and oxygen atoms in total.